The van der Waals surface area contributed by atoms with Crippen LogP contribution >= 0.6 is 0 Å². The van der Waals surface area contributed by atoms with E-state index in [0.29, 0.717) is 24.9 Å². The summed E-state index contributed by atoms with van der Waals surface area (Å²) in [5, 5.41) is 0. The molecule has 0 spiro atoms. The molecule has 176 valence electrons. The van der Waals surface area contributed by atoms with E-state index in [2.05, 4.69) is 27.8 Å². The molecule has 8 nitrogen and oxygen atoms in total. The lowest BCUT2D eigenvalue weighted by Gasteiger charge is -2.26. The Labute approximate surface area is 189 Å². The molecule has 0 saturated heterocycles. The third kappa shape index (κ3) is 7.45. The number of terminal acetylenes is 1. The molecule has 0 amide bonds. The van der Waals surface area contributed by atoms with Gasteiger partial charge in [0.25, 0.3) is 0 Å². The maximum absolute atomic E-state index is 13.5. The fourth-order valence-corrected chi connectivity index (χ4v) is 3.48. The zero-order valence-corrected chi connectivity index (χ0v) is 19.1. The number of anilines is 1. The van der Waals surface area contributed by atoms with E-state index >= 15 is 0 Å². The van der Waals surface area contributed by atoms with Crippen molar-refractivity contribution >= 4 is 23.0 Å². The van der Waals surface area contributed by atoms with Gasteiger partial charge in [0.05, 0.1) is 6.33 Å². The Morgan fingerprint density at radius 2 is 1.91 bits per heavy atom. The van der Waals surface area contributed by atoms with Crippen LogP contribution in [-0.4, -0.2) is 44.8 Å². The Morgan fingerprint density at radius 3 is 2.56 bits per heavy atom. The highest BCUT2D eigenvalue weighted by molar-refractivity contribution is 5.81. The lowest BCUT2D eigenvalue weighted by Crippen LogP contribution is -2.37. The summed E-state index contributed by atoms with van der Waals surface area (Å²) in [6.45, 7) is 2.46. The summed E-state index contributed by atoms with van der Waals surface area (Å²) in [7, 11) is 1.47. The van der Waals surface area contributed by atoms with Gasteiger partial charge >= 0.3 is 12.0 Å². The van der Waals surface area contributed by atoms with E-state index in [9.17, 15) is 9.18 Å². The van der Waals surface area contributed by atoms with E-state index < -0.39 is 11.7 Å². The summed E-state index contributed by atoms with van der Waals surface area (Å²) < 4.78 is 26.1. The largest absolute Gasteiger partial charge is 0.462 e. The van der Waals surface area contributed by atoms with Crippen molar-refractivity contribution in [1.82, 2.24) is 19.5 Å². The SMILES string of the molecule is C#CC(CCn1cnc2c(N)nc(F)nc21)(COC(=O)CCCCCCCCCC)OC. The van der Waals surface area contributed by atoms with Crippen LogP contribution < -0.4 is 5.73 Å². The van der Waals surface area contributed by atoms with Gasteiger partial charge in [0.2, 0.25) is 0 Å². The predicted molar refractivity (Wildman–Crippen MR) is 121 cm³/mol. The Kier molecular flexibility index (Phi) is 10.3. The fraction of sp³-hybridized carbons (Fsp3) is 0.652. The van der Waals surface area contributed by atoms with E-state index in [1.807, 2.05) is 0 Å². The summed E-state index contributed by atoms with van der Waals surface area (Å²) in [5.74, 6) is 2.27. The Bertz CT molecular complexity index is 911. The molecule has 0 saturated carbocycles. The van der Waals surface area contributed by atoms with Gasteiger partial charge in [-0.3, -0.25) is 4.79 Å². The number of carbonyl (C=O) groups excluding carboxylic acids is 1. The van der Waals surface area contributed by atoms with Gasteiger partial charge in [-0.05, 0) is 6.42 Å². The number of carbonyl (C=O) groups is 1. The second-order valence-electron chi connectivity index (χ2n) is 7.97. The molecule has 2 heterocycles. The second kappa shape index (κ2) is 13.0. The average Bonchev–Trinajstić information content (AvgIpc) is 3.19. The van der Waals surface area contributed by atoms with Crippen LogP contribution in [0.4, 0.5) is 10.2 Å². The monoisotopic (exact) mass is 447 g/mol. The molecule has 32 heavy (non-hydrogen) atoms. The number of hydrogen-bond acceptors (Lipinski definition) is 7. The normalized spacial score (nSPS) is 13.1. The highest BCUT2D eigenvalue weighted by atomic mass is 19.1. The van der Waals surface area contributed by atoms with Gasteiger partial charge < -0.3 is 19.8 Å². The number of nitrogens with two attached hydrogens (primary N) is 1. The van der Waals surface area contributed by atoms with Gasteiger partial charge in [0.15, 0.2) is 17.1 Å². The molecule has 2 aromatic rings. The van der Waals surface area contributed by atoms with Crippen molar-refractivity contribution in [2.75, 3.05) is 19.5 Å². The highest BCUT2D eigenvalue weighted by Crippen LogP contribution is 2.21. The van der Waals surface area contributed by atoms with E-state index in [4.69, 9.17) is 21.6 Å². The van der Waals surface area contributed by atoms with Gasteiger partial charge in [-0.1, -0.05) is 57.8 Å². The quantitative estimate of drug-likeness (QED) is 0.190. The van der Waals surface area contributed by atoms with Crippen molar-refractivity contribution in [3.63, 3.8) is 0 Å². The van der Waals surface area contributed by atoms with Crippen molar-refractivity contribution in [3.05, 3.63) is 12.4 Å². The molecule has 0 fully saturated rings. The molecular formula is C23H34FN5O3. The summed E-state index contributed by atoms with van der Waals surface area (Å²) in [5.41, 5.74) is 5.16. The molecule has 0 aliphatic carbocycles. The summed E-state index contributed by atoms with van der Waals surface area (Å²) >= 11 is 0. The van der Waals surface area contributed by atoms with Gasteiger partial charge in [-0.2, -0.15) is 14.4 Å². The van der Waals surface area contributed by atoms with Crippen LogP contribution in [0.3, 0.4) is 0 Å². The standard InChI is InChI=1S/C23H34FN5O3/c1-4-6-7-8-9-10-11-12-13-18(30)32-16-23(5-2,31-3)14-15-29-17-26-19-20(25)27-22(24)28-21(19)29/h2,17H,4,6-16H2,1,3H3,(H2,25,27,28). The average molecular weight is 448 g/mol. The first-order chi connectivity index (χ1) is 15.4. The number of methoxy groups -OCH3 is 1. The molecule has 0 aromatic carbocycles. The fourth-order valence-electron chi connectivity index (χ4n) is 3.48. The first kappa shape index (κ1) is 25.5. The smallest absolute Gasteiger partial charge is 0.312 e. The predicted octanol–water partition coefficient (Wildman–Crippen LogP) is 4.03. The van der Waals surface area contributed by atoms with Crippen LogP contribution in [0, 0.1) is 18.4 Å². The topological polar surface area (TPSA) is 105 Å². The molecule has 0 bridgehead atoms. The van der Waals surface area contributed by atoms with Crippen LogP contribution in [0.15, 0.2) is 6.33 Å². The van der Waals surface area contributed by atoms with E-state index in [1.54, 1.807) is 4.57 Å². The zero-order chi connectivity index (χ0) is 23.4. The number of fused-ring (bicyclic) bond motifs is 1. The molecule has 1 atom stereocenters. The summed E-state index contributed by atoms with van der Waals surface area (Å²) in [6.07, 6.45) is 16.2. The van der Waals surface area contributed by atoms with Crippen molar-refractivity contribution in [2.45, 2.75) is 83.3 Å². The lowest BCUT2D eigenvalue weighted by atomic mass is 10.0. The molecule has 2 rings (SSSR count). The van der Waals surface area contributed by atoms with E-state index in [1.165, 1.54) is 45.5 Å². The van der Waals surface area contributed by atoms with Crippen LogP contribution in [0.5, 0.6) is 0 Å². The van der Waals surface area contributed by atoms with Crippen LogP contribution in [-0.2, 0) is 20.8 Å². The van der Waals surface area contributed by atoms with Gasteiger partial charge in [-0.15, -0.1) is 6.42 Å². The number of imidazole rings is 1. The summed E-state index contributed by atoms with van der Waals surface area (Å²) in [6, 6.07) is 0. The van der Waals surface area contributed by atoms with Crippen LogP contribution in [0.2, 0.25) is 0 Å². The number of unbranched alkanes of at least 4 members (excludes halogenated alkanes) is 7. The third-order valence-electron chi connectivity index (χ3n) is 5.57. The Balaban J connectivity index is 1.80. The number of nitrogen functional groups attached to an aromatic ring is 1. The number of ether oxygens (including phenoxy) is 2. The van der Waals surface area contributed by atoms with Crippen molar-refractivity contribution in [2.24, 2.45) is 0 Å². The molecule has 1 unspecified atom stereocenters. The van der Waals surface area contributed by atoms with Crippen LogP contribution in [0.1, 0.15) is 71.1 Å². The minimum atomic E-state index is -1.11. The third-order valence-corrected chi connectivity index (χ3v) is 5.57. The first-order valence-electron chi connectivity index (χ1n) is 11.3. The van der Waals surface area contributed by atoms with Gasteiger partial charge in [0, 0.05) is 26.5 Å². The van der Waals surface area contributed by atoms with E-state index in [-0.39, 0.29) is 24.0 Å². The number of halogens is 1. The zero-order valence-electron chi connectivity index (χ0n) is 19.1. The number of aromatic nitrogens is 4. The molecule has 0 aliphatic rings. The maximum atomic E-state index is 13.5. The number of hydrogen-bond donors (Lipinski definition) is 1. The minimum absolute atomic E-state index is 0.0314. The maximum Gasteiger partial charge on any atom is 0.312 e. The number of rotatable bonds is 15. The Hall–Kier alpha value is -2.73. The first-order valence-corrected chi connectivity index (χ1v) is 11.3. The number of aryl methyl sites for hydroxylation is 1. The molecule has 2 N–H and O–H groups in total. The van der Waals surface area contributed by atoms with Crippen molar-refractivity contribution in [1.29, 1.82) is 0 Å². The number of esters is 1. The minimum Gasteiger partial charge on any atom is -0.462 e. The molecular weight excluding hydrogens is 413 g/mol. The van der Waals surface area contributed by atoms with Gasteiger partial charge in [0.1, 0.15) is 12.1 Å². The van der Waals surface area contributed by atoms with Crippen molar-refractivity contribution < 1.29 is 18.7 Å². The van der Waals surface area contributed by atoms with E-state index in [0.717, 1.165) is 19.3 Å². The molecule has 0 radical (unpaired) electrons. The highest BCUT2D eigenvalue weighted by Gasteiger charge is 2.29. The molecule has 0 aliphatic heterocycles. The van der Waals surface area contributed by atoms with Crippen LogP contribution in [0.25, 0.3) is 11.2 Å². The lowest BCUT2D eigenvalue weighted by molar-refractivity contribution is -0.150. The second-order valence-corrected chi connectivity index (χ2v) is 7.97. The number of nitrogens with zero attached hydrogens (tertiary/aromatic N) is 4. The van der Waals surface area contributed by atoms with Crippen molar-refractivity contribution in [3.8, 4) is 12.3 Å². The summed E-state index contributed by atoms with van der Waals surface area (Å²) in [4.78, 5) is 23.5. The Morgan fingerprint density at radius 1 is 1.22 bits per heavy atom. The molecule has 9 heteroatoms. The molecule has 2 aromatic heterocycles. The van der Waals surface area contributed by atoms with Gasteiger partial charge in [-0.25, -0.2) is 4.98 Å².